The smallest absolute Gasteiger partial charge is 0.00394 e. The van der Waals surface area contributed by atoms with Crippen LogP contribution in [0.3, 0.4) is 0 Å². The molecule has 1 nitrogen and oxygen atoms in total. The summed E-state index contributed by atoms with van der Waals surface area (Å²) in [5.41, 5.74) is 0. The van der Waals surface area contributed by atoms with Gasteiger partial charge in [0.2, 0.25) is 0 Å². The van der Waals surface area contributed by atoms with E-state index in [2.05, 4.69) is 20.8 Å². The summed E-state index contributed by atoms with van der Waals surface area (Å²) >= 11 is 1.25. The second kappa shape index (κ2) is 9.58. The summed E-state index contributed by atoms with van der Waals surface area (Å²) in [4.78, 5) is 0. The van der Waals surface area contributed by atoms with Crippen LogP contribution in [0.5, 0.6) is 0 Å². The molecule has 0 aliphatic carbocycles. The first-order valence-corrected chi connectivity index (χ1v) is 3.66. The Morgan fingerprint density at radius 3 is 1.29 bits per heavy atom. The Morgan fingerprint density at radius 1 is 1.29 bits per heavy atom. The van der Waals surface area contributed by atoms with Gasteiger partial charge in [-0.05, 0) is 12.2 Å². The van der Waals surface area contributed by atoms with E-state index in [1.165, 1.54) is 11.9 Å². The first-order valence-electron chi connectivity index (χ1n) is 2.38. The summed E-state index contributed by atoms with van der Waals surface area (Å²) in [6.07, 6.45) is 1.82. The zero-order valence-electron chi connectivity index (χ0n) is 5.56. The Kier molecular flexibility index (Phi) is 14.1. The molecule has 0 fully saturated rings. The fourth-order valence-electron chi connectivity index (χ4n) is 0. The maximum atomic E-state index is 4.76. The van der Waals surface area contributed by atoms with Crippen molar-refractivity contribution in [3.63, 3.8) is 0 Å². The van der Waals surface area contributed by atoms with Gasteiger partial charge in [0, 0.05) is 0 Å². The monoisotopic (exact) mass is 121 g/mol. The maximum absolute atomic E-state index is 4.76. The topological polar surface area (TPSA) is 26.0 Å². The van der Waals surface area contributed by atoms with Crippen LogP contribution in [0.15, 0.2) is 0 Å². The Labute approximate surface area is 50.8 Å². The summed E-state index contributed by atoms with van der Waals surface area (Å²) in [6.45, 7) is 6.50. The molecule has 0 heterocycles. The maximum Gasteiger partial charge on any atom is -0.00394 e. The normalized spacial score (nSPS) is 7.71. The van der Waals surface area contributed by atoms with Crippen LogP contribution >= 0.6 is 11.9 Å². The second-order valence-electron chi connectivity index (χ2n) is 1.97. The third-order valence-electron chi connectivity index (χ3n) is 0. The summed E-state index contributed by atoms with van der Waals surface area (Å²) in [5, 5.41) is 4.76. The van der Waals surface area contributed by atoms with Crippen molar-refractivity contribution in [3.05, 3.63) is 0 Å². The number of hydrogen-bond acceptors (Lipinski definition) is 2. The molecule has 0 rings (SSSR count). The predicted molar refractivity (Wildman–Crippen MR) is 38.2 cm³/mol. The van der Waals surface area contributed by atoms with E-state index < -0.39 is 0 Å². The van der Waals surface area contributed by atoms with Crippen molar-refractivity contribution in [2.24, 2.45) is 11.1 Å². The number of rotatable bonds is 0. The van der Waals surface area contributed by atoms with E-state index in [1.54, 1.807) is 0 Å². The van der Waals surface area contributed by atoms with Gasteiger partial charge in [0.25, 0.3) is 0 Å². The molecule has 0 radical (unpaired) electrons. The van der Waals surface area contributed by atoms with Crippen LogP contribution in [0.25, 0.3) is 0 Å². The van der Waals surface area contributed by atoms with Gasteiger partial charge in [-0.2, -0.15) is 0 Å². The molecule has 2 heteroatoms. The van der Waals surface area contributed by atoms with Crippen molar-refractivity contribution in [3.8, 4) is 0 Å². The largest absolute Gasteiger partial charge is 0.278 e. The van der Waals surface area contributed by atoms with Crippen molar-refractivity contribution in [1.29, 1.82) is 0 Å². The van der Waals surface area contributed by atoms with Crippen molar-refractivity contribution in [2.45, 2.75) is 20.8 Å². The third-order valence-corrected chi connectivity index (χ3v) is 0. The lowest BCUT2D eigenvalue weighted by atomic mass is 10.3. The molecule has 0 saturated heterocycles. The standard InChI is InChI=1S/C4H10.CH5NS/c1-4(2)3;1-3-2/h4H,1-3H3;2H2,1H3. The minimum atomic E-state index is 0.833. The van der Waals surface area contributed by atoms with Gasteiger partial charge < -0.3 is 0 Å². The van der Waals surface area contributed by atoms with Crippen LogP contribution in [0.1, 0.15) is 20.8 Å². The highest BCUT2D eigenvalue weighted by Crippen LogP contribution is 1.81. The SMILES string of the molecule is CC(C)C.CSN. The van der Waals surface area contributed by atoms with Gasteiger partial charge in [-0.1, -0.05) is 32.7 Å². The van der Waals surface area contributed by atoms with E-state index in [-0.39, 0.29) is 0 Å². The highest BCUT2D eigenvalue weighted by atomic mass is 32.2. The first kappa shape index (κ1) is 10.3. The van der Waals surface area contributed by atoms with Crippen LogP contribution in [-0.4, -0.2) is 6.26 Å². The zero-order valence-corrected chi connectivity index (χ0v) is 6.38. The molecule has 0 aromatic carbocycles. The van der Waals surface area contributed by atoms with Gasteiger partial charge in [-0.25, -0.2) is 0 Å². The quantitative estimate of drug-likeness (QED) is 0.495. The van der Waals surface area contributed by atoms with Gasteiger partial charge in [0.15, 0.2) is 0 Å². The van der Waals surface area contributed by atoms with Crippen LogP contribution in [0.4, 0.5) is 0 Å². The molecule has 0 aliphatic heterocycles. The molecule has 0 aromatic rings. The lowest BCUT2D eigenvalue weighted by Gasteiger charge is -1.79. The first-order chi connectivity index (χ1) is 3.15. The van der Waals surface area contributed by atoms with Gasteiger partial charge in [-0.15, -0.1) is 0 Å². The molecular weight excluding hydrogens is 106 g/mol. The fourth-order valence-corrected chi connectivity index (χ4v) is 0. The van der Waals surface area contributed by atoms with Gasteiger partial charge in [0.05, 0.1) is 0 Å². The van der Waals surface area contributed by atoms with Crippen molar-refractivity contribution >= 4 is 11.9 Å². The third kappa shape index (κ3) is 1220. The predicted octanol–water partition coefficient (Wildman–Crippen LogP) is 1.89. The zero-order chi connectivity index (χ0) is 6.28. The van der Waals surface area contributed by atoms with E-state index in [1.807, 2.05) is 6.26 Å². The molecule has 2 N–H and O–H groups in total. The molecule has 46 valence electrons. The Balaban J connectivity index is 0. The van der Waals surface area contributed by atoms with Gasteiger partial charge in [-0.3, -0.25) is 5.14 Å². The molecule has 0 amide bonds. The van der Waals surface area contributed by atoms with Crippen LogP contribution < -0.4 is 5.14 Å². The van der Waals surface area contributed by atoms with E-state index in [9.17, 15) is 0 Å². The van der Waals surface area contributed by atoms with Crippen molar-refractivity contribution in [1.82, 2.24) is 0 Å². The van der Waals surface area contributed by atoms with E-state index in [0.29, 0.717) is 0 Å². The molecule has 0 aromatic heterocycles. The Morgan fingerprint density at radius 2 is 1.29 bits per heavy atom. The highest BCUT2D eigenvalue weighted by Gasteiger charge is 1.68. The summed E-state index contributed by atoms with van der Waals surface area (Å²) in [7, 11) is 0. The van der Waals surface area contributed by atoms with Crippen molar-refractivity contribution in [2.75, 3.05) is 6.26 Å². The lowest BCUT2D eigenvalue weighted by Crippen LogP contribution is -1.66. The molecule has 0 unspecified atom stereocenters. The van der Waals surface area contributed by atoms with Crippen LogP contribution in [0.2, 0.25) is 0 Å². The van der Waals surface area contributed by atoms with Crippen LogP contribution in [-0.2, 0) is 0 Å². The molecule has 0 atom stereocenters. The number of nitrogens with two attached hydrogens (primary N) is 1. The summed E-state index contributed by atoms with van der Waals surface area (Å²) in [6, 6.07) is 0. The average molecular weight is 121 g/mol. The molecule has 7 heavy (non-hydrogen) atoms. The molecule has 0 spiro atoms. The average Bonchev–Trinajstić information content (AvgIpc) is 1.33. The Hall–Kier alpha value is 0.310. The van der Waals surface area contributed by atoms with E-state index in [0.717, 1.165) is 5.92 Å². The molecule has 0 saturated carbocycles. The van der Waals surface area contributed by atoms with E-state index >= 15 is 0 Å². The lowest BCUT2D eigenvalue weighted by molar-refractivity contribution is 0.737. The molecular formula is C5H15NS. The summed E-state index contributed by atoms with van der Waals surface area (Å²) in [5.74, 6) is 0.833. The van der Waals surface area contributed by atoms with Crippen LogP contribution in [0, 0.1) is 5.92 Å². The minimum absolute atomic E-state index is 0.833. The highest BCUT2D eigenvalue weighted by molar-refractivity contribution is 7.96. The van der Waals surface area contributed by atoms with Crippen molar-refractivity contribution < 1.29 is 0 Å². The summed E-state index contributed by atoms with van der Waals surface area (Å²) < 4.78 is 0. The second-order valence-corrected chi connectivity index (χ2v) is 2.44. The molecule has 0 aliphatic rings. The Bertz CT molecular complexity index is 19.3. The van der Waals surface area contributed by atoms with Gasteiger partial charge in [0.1, 0.15) is 0 Å². The van der Waals surface area contributed by atoms with E-state index in [4.69, 9.17) is 5.14 Å². The van der Waals surface area contributed by atoms with Gasteiger partial charge >= 0.3 is 0 Å². The minimum Gasteiger partial charge on any atom is -0.278 e. The number of hydrogen-bond donors (Lipinski definition) is 1. The molecule has 0 bridgehead atoms. The fraction of sp³-hybridized carbons (Fsp3) is 1.00.